The average molecular weight is 293 g/mol. The average Bonchev–Trinajstić information content (AvgIpc) is 2.82. The Balaban J connectivity index is 1.79. The topological polar surface area (TPSA) is 29.9 Å². The maximum Gasteiger partial charge on any atom is 0.0704 e. The van der Waals surface area contributed by atoms with E-state index in [4.69, 9.17) is 0 Å². The number of fused-ring (bicyclic) bond motifs is 3. The van der Waals surface area contributed by atoms with E-state index in [9.17, 15) is 0 Å². The van der Waals surface area contributed by atoms with Crippen molar-refractivity contribution >= 4 is 27.5 Å². The molecule has 3 heteroatoms. The van der Waals surface area contributed by atoms with Gasteiger partial charge in [-0.1, -0.05) is 19.3 Å². The maximum absolute atomic E-state index is 4.44. The third kappa shape index (κ3) is 2.16. The molecule has 1 aliphatic carbocycles. The van der Waals surface area contributed by atoms with E-state index in [1.807, 2.05) is 6.20 Å². The lowest BCUT2D eigenvalue weighted by Gasteiger charge is -2.23. The number of nitrogens with one attached hydrogen (secondary N) is 1. The molecule has 22 heavy (non-hydrogen) atoms. The van der Waals surface area contributed by atoms with Crippen molar-refractivity contribution in [3.8, 4) is 0 Å². The molecule has 0 saturated heterocycles. The van der Waals surface area contributed by atoms with Gasteiger partial charge in [0.15, 0.2) is 0 Å². The maximum atomic E-state index is 4.44. The Bertz CT molecular complexity index is 825. The van der Waals surface area contributed by atoms with Gasteiger partial charge >= 0.3 is 0 Å². The molecular formula is C19H23N3. The van der Waals surface area contributed by atoms with Crippen LogP contribution < -0.4 is 5.32 Å². The zero-order valence-electron chi connectivity index (χ0n) is 13.4. The fourth-order valence-electron chi connectivity index (χ4n) is 3.94. The SMILES string of the molecule is Cc1nccc2c3cc(NC4CCCCC4)ccc3n(C)c12. The summed E-state index contributed by atoms with van der Waals surface area (Å²) in [4.78, 5) is 4.44. The van der Waals surface area contributed by atoms with Crippen LogP contribution in [-0.4, -0.2) is 15.6 Å². The van der Waals surface area contributed by atoms with E-state index in [1.165, 1.54) is 59.6 Å². The van der Waals surface area contributed by atoms with Crippen molar-refractivity contribution in [1.29, 1.82) is 0 Å². The van der Waals surface area contributed by atoms with E-state index in [0.29, 0.717) is 6.04 Å². The van der Waals surface area contributed by atoms with Gasteiger partial charge in [0.05, 0.1) is 11.2 Å². The number of aromatic nitrogens is 2. The Hall–Kier alpha value is -2.03. The number of hydrogen-bond donors (Lipinski definition) is 1. The first-order valence-corrected chi connectivity index (χ1v) is 8.34. The van der Waals surface area contributed by atoms with Crippen LogP contribution in [0.3, 0.4) is 0 Å². The second-order valence-corrected chi connectivity index (χ2v) is 6.56. The van der Waals surface area contributed by atoms with Crippen LogP contribution in [-0.2, 0) is 7.05 Å². The minimum Gasteiger partial charge on any atom is -0.382 e. The summed E-state index contributed by atoms with van der Waals surface area (Å²) >= 11 is 0. The molecule has 0 amide bonds. The summed E-state index contributed by atoms with van der Waals surface area (Å²) in [6.45, 7) is 2.09. The normalized spacial score (nSPS) is 16.5. The minimum atomic E-state index is 0.643. The van der Waals surface area contributed by atoms with E-state index in [2.05, 4.69) is 53.1 Å². The highest BCUT2D eigenvalue weighted by Gasteiger charge is 2.15. The van der Waals surface area contributed by atoms with Gasteiger partial charge in [0.25, 0.3) is 0 Å². The van der Waals surface area contributed by atoms with Crippen molar-refractivity contribution in [2.45, 2.75) is 45.1 Å². The smallest absolute Gasteiger partial charge is 0.0704 e. The van der Waals surface area contributed by atoms with E-state index in [-0.39, 0.29) is 0 Å². The van der Waals surface area contributed by atoms with Crippen molar-refractivity contribution in [2.24, 2.45) is 7.05 Å². The zero-order valence-corrected chi connectivity index (χ0v) is 13.4. The Labute approximate surface area is 131 Å². The van der Waals surface area contributed by atoms with Gasteiger partial charge in [-0.15, -0.1) is 0 Å². The Kier molecular flexibility index (Phi) is 3.29. The Morgan fingerprint density at radius 2 is 1.91 bits per heavy atom. The van der Waals surface area contributed by atoms with E-state index >= 15 is 0 Å². The number of rotatable bonds is 2. The lowest BCUT2D eigenvalue weighted by Crippen LogP contribution is -2.22. The molecule has 1 saturated carbocycles. The number of aryl methyl sites for hydroxylation is 2. The first-order valence-electron chi connectivity index (χ1n) is 8.34. The van der Waals surface area contributed by atoms with Crippen molar-refractivity contribution in [1.82, 2.24) is 9.55 Å². The van der Waals surface area contributed by atoms with E-state index in [1.54, 1.807) is 0 Å². The van der Waals surface area contributed by atoms with Gasteiger partial charge in [0.1, 0.15) is 0 Å². The van der Waals surface area contributed by atoms with Crippen LogP contribution in [0, 0.1) is 6.92 Å². The van der Waals surface area contributed by atoms with Gasteiger partial charge in [-0.25, -0.2) is 0 Å². The second kappa shape index (κ2) is 5.31. The van der Waals surface area contributed by atoms with Crippen LogP contribution in [0.15, 0.2) is 30.5 Å². The fraction of sp³-hybridized carbons (Fsp3) is 0.421. The predicted molar refractivity (Wildman–Crippen MR) is 93.5 cm³/mol. The summed E-state index contributed by atoms with van der Waals surface area (Å²) in [6.07, 6.45) is 8.64. The number of benzene rings is 1. The Morgan fingerprint density at radius 1 is 1.09 bits per heavy atom. The molecule has 0 spiro atoms. The molecule has 114 valence electrons. The van der Waals surface area contributed by atoms with Crippen molar-refractivity contribution in [3.63, 3.8) is 0 Å². The summed E-state index contributed by atoms with van der Waals surface area (Å²) < 4.78 is 2.26. The van der Waals surface area contributed by atoms with Gasteiger partial charge in [-0.3, -0.25) is 4.98 Å². The van der Waals surface area contributed by atoms with Gasteiger partial charge in [0, 0.05) is 41.3 Å². The molecule has 2 aromatic heterocycles. The third-order valence-electron chi connectivity index (χ3n) is 5.07. The van der Waals surface area contributed by atoms with Crippen LogP contribution >= 0.6 is 0 Å². The summed E-state index contributed by atoms with van der Waals surface area (Å²) in [7, 11) is 2.13. The van der Waals surface area contributed by atoms with Crippen molar-refractivity contribution < 1.29 is 0 Å². The first kappa shape index (κ1) is 13.6. The molecule has 2 heterocycles. The second-order valence-electron chi connectivity index (χ2n) is 6.56. The minimum absolute atomic E-state index is 0.643. The molecule has 3 nitrogen and oxygen atoms in total. The molecule has 3 aromatic rings. The monoisotopic (exact) mass is 293 g/mol. The number of pyridine rings is 1. The molecule has 1 N–H and O–H groups in total. The molecular weight excluding hydrogens is 270 g/mol. The van der Waals surface area contributed by atoms with Crippen LogP contribution in [0.25, 0.3) is 21.8 Å². The third-order valence-corrected chi connectivity index (χ3v) is 5.07. The fourth-order valence-corrected chi connectivity index (χ4v) is 3.94. The molecule has 0 aliphatic heterocycles. The quantitative estimate of drug-likeness (QED) is 0.737. The molecule has 0 radical (unpaired) electrons. The Morgan fingerprint density at radius 3 is 2.73 bits per heavy atom. The van der Waals surface area contributed by atoms with Crippen molar-refractivity contribution in [2.75, 3.05) is 5.32 Å². The van der Waals surface area contributed by atoms with Crippen LogP contribution in [0.4, 0.5) is 5.69 Å². The summed E-state index contributed by atoms with van der Waals surface area (Å²) in [5, 5.41) is 6.36. The van der Waals surface area contributed by atoms with Crippen LogP contribution in [0.1, 0.15) is 37.8 Å². The van der Waals surface area contributed by atoms with Gasteiger partial charge in [0.2, 0.25) is 0 Å². The highest BCUT2D eigenvalue weighted by atomic mass is 15.0. The molecule has 0 bridgehead atoms. The summed E-state index contributed by atoms with van der Waals surface area (Å²) in [5.41, 5.74) is 4.87. The standard InChI is InChI=1S/C19H23N3/c1-13-19-16(10-11-20-13)17-12-15(8-9-18(17)22(19)2)21-14-6-4-3-5-7-14/h8-12,14,21H,3-7H2,1-2H3. The molecule has 1 aliphatic rings. The van der Waals surface area contributed by atoms with E-state index in [0.717, 1.165) is 5.69 Å². The van der Waals surface area contributed by atoms with Gasteiger partial charge < -0.3 is 9.88 Å². The van der Waals surface area contributed by atoms with Gasteiger partial charge in [-0.05, 0) is 44.0 Å². The number of nitrogens with zero attached hydrogens (tertiary/aromatic N) is 2. The van der Waals surface area contributed by atoms with E-state index < -0.39 is 0 Å². The number of hydrogen-bond acceptors (Lipinski definition) is 2. The lowest BCUT2D eigenvalue weighted by atomic mass is 9.95. The number of anilines is 1. The largest absolute Gasteiger partial charge is 0.382 e. The highest BCUT2D eigenvalue weighted by molar-refractivity contribution is 6.09. The van der Waals surface area contributed by atoms with Crippen molar-refractivity contribution in [3.05, 3.63) is 36.2 Å². The van der Waals surface area contributed by atoms with Crippen LogP contribution in [0.5, 0.6) is 0 Å². The first-order chi connectivity index (χ1) is 10.7. The zero-order chi connectivity index (χ0) is 15.1. The molecule has 4 rings (SSSR count). The molecule has 1 aromatic carbocycles. The lowest BCUT2D eigenvalue weighted by molar-refractivity contribution is 0.463. The predicted octanol–water partition coefficient (Wildman–Crippen LogP) is 4.78. The summed E-state index contributed by atoms with van der Waals surface area (Å²) in [6, 6.07) is 9.55. The molecule has 0 unspecified atom stereocenters. The van der Waals surface area contributed by atoms with Gasteiger partial charge in [-0.2, -0.15) is 0 Å². The highest BCUT2D eigenvalue weighted by Crippen LogP contribution is 2.32. The summed E-state index contributed by atoms with van der Waals surface area (Å²) in [5.74, 6) is 0. The molecule has 0 atom stereocenters. The van der Waals surface area contributed by atoms with Crippen LogP contribution in [0.2, 0.25) is 0 Å². The molecule has 1 fully saturated rings.